The van der Waals surface area contributed by atoms with Crippen molar-refractivity contribution < 1.29 is 13.2 Å². The van der Waals surface area contributed by atoms with Crippen LogP contribution in [-0.2, 0) is 10.0 Å². The molecule has 0 atom stereocenters. The number of piperidine rings is 1. The first-order chi connectivity index (χ1) is 10.4. The predicted octanol–water partition coefficient (Wildman–Crippen LogP) is 2.27. The Balaban J connectivity index is 1.91. The first-order valence-electron chi connectivity index (χ1n) is 7.46. The predicted molar refractivity (Wildman–Crippen MR) is 87.6 cm³/mol. The molecule has 0 aliphatic carbocycles. The van der Waals surface area contributed by atoms with Crippen molar-refractivity contribution in [1.82, 2.24) is 9.62 Å². The zero-order valence-electron chi connectivity index (χ0n) is 12.6. The van der Waals surface area contributed by atoms with Gasteiger partial charge in [-0.1, -0.05) is 24.6 Å². The Kier molecular flexibility index (Phi) is 5.83. The molecule has 0 radical (unpaired) electrons. The number of nitrogens with one attached hydrogen (secondary N) is 1. The van der Waals surface area contributed by atoms with E-state index in [0.717, 1.165) is 0 Å². The lowest BCUT2D eigenvalue weighted by Gasteiger charge is -2.32. The first-order valence-corrected chi connectivity index (χ1v) is 9.49. The van der Waals surface area contributed by atoms with Crippen LogP contribution in [0.3, 0.4) is 0 Å². The van der Waals surface area contributed by atoms with Crippen LogP contribution in [0.4, 0.5) is 0 Å². The highest BCUT2D eigenvalue weighted by Crippen LogP contribution is 2.17. The molecule has 0 saturated carbocycles. The van der Waals surface area contributed by atoms with E-state index in [1.165, 1.54) is 0 Å². The fourth-order valence-corrected chi connectivity index (χ4v) is 4.18. The molecule has 0 bridgehead atoms. The highest BCUT2D eigenvalue weighted by Gasteiger charge is 2.26. The molecule has 0 aromatic heterocycles. The number of hydrogen-bond donors (Lipinski definition) is 1. The van der Waals surface area contributed by atoms with Crippen LogP contribution in [-0.4, -0.2) is 44.1 Å². The summed E-state index contributed by atoms with van der Waals surface area (Å²) in [7, 11) is -3.20. The summed E-state index contributed by atoms with van der Waals surface area (Å²) in [6, 6.07) is 6.79. The molecule has 22 heavy (non-hydrogen) atoms. The van der Waals surface area contributed by atoms with E-state index >= 15 is 0 Å². The maximum absolute atomic E-state index is 12.4. The molecule has 1 amide bonds. The van der Waals surface area contributed by atoms with Gasteiger partial charge in [0.05, 0.1) is 5.75 Å². The van der Waals surface area contributed by atoms with E-state index < -0.39 is 10.0 Å². The van der Waals surface area contributed by atoms with Crippen LogP contribution in [0.5, 0.6) is 0 Å². The normalized spacial score (nSPS) is 16.7. The Morgan fingerprint density at radius 3 is 2.64 bits per heavy atom. The van der Waals surface area contributed by atoms with Crippen LogP contribution in [0.25, 0.3) is 0 Å². The number of hydrogen-bond acceptors (Lipinski definition) is 3. The lowest BCUT2D eigenvalue weighted by atomic mass is 10.0. The third-order valence-corrected chi connectivity index (χ3v) is 5.55. The minimum Gasteiger partial charge on any atom is -0.339 e. The SMILES string of the molecule is CCCS(=O)(=O)NC1CCN(C(=O)c2cccc(Cl)c2)CC1. The van der Waals surface area contributed by atoms with Crippen molar-refractivity contribution in [3.8, 4) is 0 Å². The summed E-state index contributed by atoms with van der Waals surface area (Å²) in [6.07, 6.45) is 1.87. The molecule has 1 aromatic carbocycles. The minimum absolute atomic E-state index is 0.0580. The van der Waals surface area contributed by atoms with Gasteiger partial charge >= 0.3 is 0 Å². The molecule has 1 heterocycles. The number of likely N-dealkylation sites (tertiary alicyclic amines) is 1. The van der Waals surface area contributed by atoms with Crippen LogP contribution >= 0.6 is 11.6 Å². The van der Waals surface area contributed by atoms with E-state index in [0.29, 0.717) is 42.9 Å². The standard InChI is InChI=1S/C15H21ClN2O3S/c1-2-10-22(20,21)17-14-6-8-18(9-7-14)15(19)12-4-3-5-13(16)11-12/h3-5,11,14,17H,2,6-10H2,1H3. The number of carbonyl (C=O) groups is 1. The Bertz CT molecular complexity index is 625. The van der Waals surface area contributed by atoms with E-state index in [9.17, 15) is 13.2 Å². The topological polar surface area (TPSA) is 66.5 Å². The maximum atomic E-state index is 12.4. The monoisotopic (exact) mass is 344 g/mol. The number of rotatable bonds is 5. The number of amides is 1. The Labute approximate surface area is 136 Å². The van der Waals surface area contributed by atoms with Crippen LogP contribution in [0.15, 0.2) is 24.3 Å². The molecule has 1 fully saturated rings. The van der Waals surface area contributed by atoms with Crippen molar-refractivity contribution in [3.05, 3.63) is 34.9 Å². The number of carbonyl (C=O) groups excluding carboxylic acids is 1. The zero-order valence-corrected chi connectivity index (χ0v) is 14.2. The summed E-state index contributed by atoms with van der Waals surface area (Å²) in [6.45, 7) is 2.93. The molecule has 0 spiro atoms. The molecule has 2 rings (SSSR count). The van der Waals surface area contributed by atoms with Crippen LogP contribution in [0, 0.1) is 0 Å². The van der Waals surface area contributed by atoms with E-state index in [1.807, 2.05) is 6.92 Å². The van der Waals surface area contributed by atoms with Crippen LogP contribution in [0.1, 0.15) is 36.5 Å². The highest BCUT2D eigenvalue weighted by atomic mass is 35.5. The van der Waals surface area contributed by atoms with E-state index in [-0.39, 0.29) is 17.7 Å². The summed E-state index contributed by atoms with van der Waals surface area (Å²) < 4.78 is 26.3. The summed E-state index contributed by atoms with van der Waals surface area (Å²) in [5.41, 5.74) is 0.567. The van der Waals surface area contributed by atoms with Crippen molar-refractivity contribution in [2.45, 2.75) is 32.2 Å². The number of halogens is 1. The second kappa shape index (κ2) is 7.44. The summed E-state index contributed by atoms with van der Waals surface area (Å²) in [4.78, 5) is 14.1. The minimum atomic E-state index is -3.20. The molecule has 1 aromatic rings. The molecule has 1 aliphatic heterocycles. The third kappa shape index (κ3) is 4.69. The van der Waals surface area contributed by atoms with Gasteiger partial charge in [-0.15, -0.1) is 0 Å². The van der Waals surface area contributed by atoms with Crippen molar-refractivity contribution in [2.75, 3.05) is 18.8 Å². The molecule has 1 saturated heterocycles. The van der Waals surface area contributed by atoms with Crippen LogP contribution < -0.4 is 4.72 Å². The van der Waals surface area contributed by atoms with Crippen molar-refractivity contribution in [3.63, 3.8) is 0 Å². The Morgan fingerprint density at radius 1 is 1.36 bits per heavy atom. The fraction of sp³-hybridized carbons (Fsp3) is 0.533. The smallest absolute Gasteiger partial charge is 0.253 e. The summed E-state index contributed by atoms with van der Waals surface area (Å²) >= 11 is 5.91. The van der Waals surface area contributed by atoms with Gasteiger partial charge in [0.25, 0.3) is 5.91 Å². The van der Waals surface area contributed by atoms with Gasteiger partial charge in [0, 0.05) is 29.7 Å². The van der Waals surface area contributed by atoms with Crippen molar-refractivity contribution in [2.24, 2.45) is 0 Å². The maximum Gasteiger partial charge on any atom is 0.253 e. The third-order valence-electron chi connectivity index (χ3n) is 3.67. The molecule has 122 valence electrons. The van der Waals surface area contributed by atoms with Crippen molar-refractivity contribution >= 4 is 27.5 Å². The molecule has 0 unspecified atom stereocenters. The van der Waals surface area contributed by atoms with Gasteiger partial charge in [-0.25, -0.2) is 13.1 Å². The molecular weight excluding hydrogens is 324 g/mol. The average molecular weight is 345 g/mol. The van der Waals surface area contributed by atoms with Gasteiger partial charge in [0.2, 0.25) is 10.0 Å². The second-order valence-corrected chi connectivity index (χ2v) is 7.82. The second-order valence-electron chi connectivity index (χ2n) is 5.51. The number of sulfonamides is 1. The average Bonchev–Trinajstić information content (AvgIpc) is 2.47. The van der Waals surface area contributed by atoms with Gasteiger partial charge in [-0.3, -0.25) is 4.79 Å². The van der Waals surface area contributed by atoms with E-state index in [1.54, 1.807) is 29.2 Å². The lowest BCUT2D eigenvalue weighted by molar-refractivity contribution is 0.0711. The quantitative estimate of drug-likeness (QED) is 0.891. The molecular formula is C15H21ClN2O3S. The van der Waals surface area contributed by atoms with Crippen LogP contribution in [0.2, 0.25) is 5.02 Å². The van der Waals surface area contributed by atoms with Gasteiger partial charge in [-0.2, -0.15) is 0 Å². The zero-order chi connectivity index (χ0) is 16.2. The van der Waals surface area contributed by atoms with E-state index in [4.69, 9.17) is 11.6 Å². The number of benzene rings is 1. The number of nitrogens with zero attached hydrogens (tertiary/aromatic N) is 1. The first kappa shape index (κ1) is 17.2. The molecule has 1 aliphatic rings. The Hall–Kier alpha value is -1.11. The van der Waals surface area contributed by atoms with Gasteiger partial charge in [0.15, 0.2) is 0 Å². The summed E-state index contributed by atoms with van der Waals surface area (Å²) in [5, 5.41) is 0.535. The highest BCUT2D eigenvalue weighted by molar-refractivity contribution is 7.89. The lowest BCUT2D eigenvalue weighted by Crippen LogP contribution is -2.46. The Morgan fingerprint density at radius 2 is 2.05 bits per heavy atom. The molecule has 7 heteroatoms. The molecule has 5 nitrogen and oxygen atoms in total. The van der Waals surface area contributed by atoms with E-state index in [2.05, 4.69) is 4.72 Å². The van der Waals surface area contributed by atoms with Gasteiger partial charge in [-0.05, 0) is 37.5 Å². The van der Waals surface area contributed by atoms with Gasteiger partial charge in [0.1, 0.15) is 0 Å². The fourth-order valence-electron chi connectivity index (χ4n) is 2.59. The molecule has 1 N–H and O–H groups in total. The summed E-state index contributed by atoms with van der Waals surface area (Å²) in [5.74, 6) is 0.0895. The largest absolute Gasteiger partial charge is 0.339 e. The van der Waals surface area contributed by atoms with Crippen molar-refractivity contribution in [1.29, 1.82) is 0 Å². The van der Waals surface area contributed by atoms with Gasteiger partial charge < -0.3 is 4.90 Å².